The molecule has 0 aromatic carbocycles. The maximum absolute atomic E-state index is 11.6. The third-order valence-corrected chi connectivity index (χ3v) is 3.74. The molecule has 2 heterocycles. The molecule has 1 fully saturated rings. The van der Waals surface area contributed by atoms with Gasteiger partial charge in [-0.15, -0.1) is 12.4 Å². The fraction of sp³-hybridized carbons (Fsp3) is 0.583. The monoisotopic (exact) mass is 274 g/mol. The van der Waals surface area contributed by atoms with E-state index >= 15 is 0 Å². The van der Waals surface area contributed by atoms with Gasteiger partial charge in [0, 0.05) is 13.0 Å². The molecule has 1 aromatic rings. The Bertz CT molecular complexity index is 323. The van der Waals surface area contributed by atoms with Gasteiger partial charge in [0.05, 0.1) is 0 Å². The van der Waals surface area contributed by atoms with Gasteiger partial charge in [0.1, 0.15) is 0 Å². The number of carbonyl (C=O) groups is 1. The summed E-state index contributed by atoms with van der Waals surface area (Å²) in [6.45, 7) is 2.87. The van der Waals surface area contributed by atoms with E-state index in [9.17, 15) is 4.79 Å². The highest BCUT2D eigenvalue weighted by molar-refractivity contribution is 7.07. The van der Waals surface area contributed by atoms with Gasteiger partial charge in [-0.1, -0.05) is 0 Å². The van der Waals surface area contributed by atoms with Crippen LogP contribution in [0.1, 0.15) is 24.8 Å². The fourth-order valence-corrected chi connectivity index (χ4v) is 2.65. The van der Waals surface area contributed by atoms with E-state index in [4.69, 9.17) is 0 Å². The lowest BCUT2D eigenvalue weighted by Gasteiger charge is -2.08. The summed E-state index contributed by atoms with van der Waals surface area (Å²) in [5, 5.41) is 10.4. The number of hydrogen-bond donors (Lipinski definition) is 2. The molecule has 1 saturated heterocycles. The van der Waals surface area contributed by atoms with E-state index in [0.29, 0.717) is 18.9 Å². The first kappa shape index (κ1) is 14.5. The summed E-state index contributed by atoms with van der Waals surface area (Å²) in [5.74, 6) is 0.880. The number of hydrogen-bond acceptors (Lipinski definition) is 3. The van der Waals surface area contributed by atoms with Gasteiger partial charge in [0.25, 0.3) is 0 Å². The minimum absolute atomic E-state index is 0. The van der Waals surface area contributed by atoms with Gasteiger partial charge in [-0.05, 0) is 54.2 Å². The molecule has 1 atom stereocenters. The molecule has 96 valence electrons. The molecule has 1 unspecified atom stereocenters. The normalized spacial score (nSPS) is 18.7. The first-order valence-corrected chi connectivity index (χ1v) is 6.77. The molecule has 1 aromatic heterocycles. The molecule has 0 aliphatic carbocycles. The number of nitrogens with one attached hydrogen (secondary N) is 2. The second kappa shape index (κ2) is 7.69. The molecule has 0 radical (unpaired) electrons. The standard InChI is InChI=1S/C12H18N2OS.ClH/c15-12(2-1-10-3-5-13-7-10)14-8-11-4-6-16-9-11;/h4,6,9-10,13H,1-3,5,7-8H2,(H,14,15);1H. The van der Waals surface area contributed by atoms with Crippen molar-refractivity contribution in [2.24, 2.45) is 5.92 Å². The van der Waals surface area contributed by atoms with Crippen LogP contribution < -0.4 is 10.6 Å². The van der Waals surface area contributed by atoms with Gasteiger partial charge in [-0.2, -0.15) is 11.3 Å². The van der Waals surface area contributed by atoms with Crippen LogP contribution in [-0.4, -0.2) is 19.0 Å². The van der Waals surface area contributed by atoms with Crippen LogP contribution in [0.15, 0.2) is 16.8 Å². The Balaban J connectivity index is 0.00000144. The largest absolute Gasteiger partial charge is 0.352 e. The summed E-state index contributed by atoms with van der Waals surface area (Å²) >= 11 is 1.67. The molecule has 17 heavy (non-hydrogen) atoms. The van der Waals surface area contributed by atoms with Crippen molar-refractivity contribution < 1.29 is 4.79 Å². The van der Waals surface area contributed by atoms with Crippen LogP contribution in [0.25, 0.3) is 0 Å². The zero-order chi connectivity index (χ0) is 11.2. The van der Waals surface area contributed by atoms with E-state index in [1.54, 1.807) is 11.3 Å². The molecule has 1 amide bonds. The molecule has 2 rings (SSSR count). The lowest BCUT2D eigenvalue weighted by Crippen LogP contribution is -2.23. The van der Waals surface area contributed by atoms with Crippen LogP contribution in [0, 0.1) is 5.92 Å². The average molecular weight is 275 g/mol. The van der Waals surface area contributed by atoms with Crippen molar-refractivity contribution in [1.82, 2.24) is 10.6 Å². The van der Waals surface area contributed by atoms with E-state index < -0.39 is 0 Å². The van der Waals surface area contributed by atoms with Crippen molar-refractivity contribution in [3.63, 3.8) is 0 Å². The smallest absolute Gasteiger partial charge is 0.220 e. The SMILES string of the molecule is Cl.O=C(CCC1CCNC1)NCc1ccsc1. The van der Waals surface area contributed by atoms with Crippen LogP contribution in [-0.2, 0) is 11.3 Å². The summed E-state index contributed by atoms with van der Waals surface area (Å²) in [4.78, 5) is 11.6. The Hall–Kier alpha value is -0.580. The number of amides is 1. The number of rotatable bonds is 5. The highest BCUT2D eigenvalue weighted by Crippen LogP contribution is 2.14. The van der Waals surface area contributed by atoms with Crippen LogP contribution in [0.5, 0.6) is 0 Å². The van der Waals surface area contributed by atoms with Crippen molar-refractivity contribution in [3.05, 3.63) is 22.4 Å². The van der Waals surface area contributed by atoms with Crippen molar-refractivity contribution in [1.29, 1.82) is 0 Å². The summed E-state index contributed by atoms with van der Waals surface area (Å²) < 4.78 is 0. The van der Waals surface area contributed by atoms with Crippen molar-refractivity contribution in [2.75, 3.05) is 13.1 Å². The van der Waals surface area contributed by atoms with Gasteiger partial charge in [-0.25, -0.2) is 0 Å². The second-order valence-electron chi connectivity index (χ2n) is 4.31. The Morgan fingerprint density at radius 1 is 1.59 bits per heavy atom. The number of halogens is 1. The van der Waals surface area contributed by atoms with E-state index in [2.05, 4.69) is 16.0 Å². The minimum atomic E-state index is 0. The quantitative estimate of drug-likeness (QED) is 0.864. The Morgan fingerprint density at radius 3 is 3.12 bits per heavy atom. The summed E-state index contributed by atoms with van der Waals surface area (Å²) in [7, 11) is 0. The highest BCUT2D eigenvalue weighted by Gasteiger charge is 2.15. The molecular weight excluding hydrogens is 256 g/mol. The molecule has 0 saturated carbocycles. The molecule has 5 heteroatoms. The number of thiophene rings is 1. The third-order valence-electron chi connectivity index (χ3n) is 3.01. The van der Waals surface area contributed by atoms with Crippen LogP contribution in [0.4, 0.5) is 0 Å². The second-order valence-corrected chi connectivity index (χ2v) is 5.09. The summed E-state index contributed by atoms with van der Waals surface area (Å²) in [6, 6.07) is 2.05. The van der Waals surface area contributed by atoms with Crippen LogP contribution in [0.2, 0.25) is 0 Å². The zero-order valence-corrected chi connectivity index (χ0v) is 11.4. The van der Waals surface area contributed by atoms with Crippen molar-refractivity contribution >= 4 is 29.7 Å². The predicted octanol–water partition coefficient (Wildman–Crippen LogP) is 2.18. The lowest BCUT2D eigenvalue weighted by molar-refractivity contribution is -0.121. The summed E-state index contributed by atoms with van der Waals surface area (Å²) in [6.07, 6.45) is 2.90. The Kier molecular flexibility index (Phi) is 6.55. The van der Waals surface area contributed by atoms with Crippen molar-refractivity contribution in [3.8, 4) is 0 Å². The van der Waals surface area contributed by atoms with Gasteiger partial charge < -0.3 is 10.6 Å². The summed E-state index contributed by atoms with van der Waals surface area (Å²) in [5.41, 5.74) is 1.20. The molecule has 0 bridgehead atoms. The maximum Gasteiger partial charge on any atom is 0.220 e. The van der Waals surface area contributed by atoms with Gasteiger partial charge >= 0.3 is 0 Å². The molecule has 0 spiro atoms. The van der Waals surface area contributed by atoms with E-state index in [0.717, 1.165) is 19.5 Å². The maximum atomic E-state index is 11.6. The predicted molar refractivity (Wildman–Crippen MR) is 73.6 cm³/mol. The minimum Gasteiger partial charge on any atom is -0.352 e. The van der Waals surface area contributed by atoms with Crippen LogP contribution in [0.3, 0.4) is 0 Å². The van der Waals surface area contributed by atoms with E-state index in [-0.39, 0.29) is 18.3 Å². The van der Waals surface area contributed by atoms with Gasteiger partial charge in [-0.3, -0.25) is 4.79 Å². The molecule has 1 aliphatic rings. The van der Waals surface area contributed by atoms with Crippen molar-refractivity contribution in [2.45, 2.75) is 25.8 Å². The number of carbonyl (C=O) groups excluding carboxylic acids is 1. The topological polar surface area (TPSA) is 41.1 Å². The van der Waals surface area contributed by atoms with E-state index in [1.165, 1.54) is 12.0 Å². The Morgan fingerprint density at radius 2 is 2.47 bits per heavy atom. The fourth-order valence-electron chi connectivity index (χ4n) is 1.98. The molecule has 3 nitrogen and oxygen atoms in total. The highest BCUT2D eigenvalue weighted by atomic mass is 35.5. The zero-order valence-electron chi connectivity index (χ0n) is 9.78. The average Bonchev–Trinajstić information content (AvgIpc) is 2.96. The van der Waals surface area contributed by atoms with Gasteiger partial charge in [0.2, 0.25) is 5.91 Å². The molecule has 1 aliphatic heterocycles. The molecule has 2 N–H and O–H groups in total. The van der Waals surface area contributed by atoms with Crippen LogP contribution >= 0.6 is 23.7 Å². The lowest BCUT2D eigenvalue weighted by atomic mass is 10.0. The first-order chi connectivity index (χ1) is 7.84. The van der Waals surface area contributed by atoms with E-state index in [1.807, 2.05) is 11.4 Å². The Labute approximate surface area is 112 Å². The molecular formula is C12H19ClN2OS. The van der Waals surface area contributed by atoms with Gasteiger partial charge in [0.15, 0.2) is 0 Å². The first-order valence-electron chi connectivity index (χ1n) is 5.83. The third kappa shape index (κ3) is 5.06.